The van der Waals surface area contributed by atoms with Crippen LogP contribution < -0.4 is 9.47 Å². The Kier molecular flexibility index (Phi) is 78.5. The van der Waals surface area contributed by atoms with E-state index in [1.54, 1.807) is 38.2 Å². The van der Waals surface area contributed by atoms with Crippen LogP contribution in [-0.2, 0) is 95.0 Å². The Morgan fingerprint density at radius 3 is 0.643 bits per heavy atom. The third kappa shape index (κ3) is 81.8. The van der Waals surface area contributed by atoms with Crippen LogP contribution in [0.2, 0.25) is 0 Å². The van der Waals surface area contributed by atoms with Crippen LogP contribution in [0.4, 0.5) is 0 Å². The summed E-state index contributed by atoms with van der Waals surface area (Å²) in [7, 11) is 0. The van der Waals surface area contributed by atoms with Gasteiger partial charge in [-0.3, -0.25) is 0 Å². The molecule has 126 heavy (non-hydrogen) atoms. The predicted molar refractivity (Wildman–Crippen MR) is 516 cm³/mol. The van der Waals surface area contributed by atoms with Gasteiger partial charge in [-0.25, -0.2) is 19.2 Å². The van der Waals surface area contributed by atoms with E-state index in [0.717, 1.165) is 34.8 Å². The number of hydrogen-bond acceptors (Lipinski definition) is 22. The molecule has 3 unspecified atom stereocenters. The van der Waals surface area contributed by atoms with Gasteiger partial charge in [-0.15, -0.1) is 19.7 Å². The fourth-order valence-corrected chi connectivity index (χ4v) is 8.48. The van der Waals surface area contributed by atoms with Gasteiger partial charge in [-0.2, -0.15) is 0 Å². The highest BCUT2D eigenvalue weighted by atomic mass is 16.6. The number of carbonyl (C=O) groups is 4. The molecule has 0 spiro atoms. The monoisotopic (exact) mass is 1760 g/mol. The van der Waals surface area contributed by atoms with E-state index >= 15 is 0 Å². The van der Waals surface area contributed by atoms with Crippen molar-refractivity contribution < 1.29 is 104 Å². The minimum absolute atomic E-state index is 0.278. The van der Waals surface area contributed by atoms with E-state index in [9.17, 15) is 19.2 Å². The maximum Gasteiger partial charge on any atom is 0.333 e. The van der Waals surface area contributed by atoms with Crippen LogP contribution in [0, 0.1) is 0 Å². The minimum atomic E-state index is -0.561. The molecule has 2 aromatic rings. The highest BCUT2D eigenvalue weighted by Crippen LogP contribution is 2.23. The number of hydrogen-bond donors (Lipinski definition) is 0. The number of rotatable bonds is 62. The predicted octanol–water partition coefficient (Wildman–Crippen LogP) is 21.5. The molecule has 0 radical (unpaired) electrons. The van der Waals surface area contributed by atoms with Crippen molar-refractivity contribution in [2.75, 3.05) is 159 Å². The Balaban J connectivity index is -0.000000711. The van der Waals surface area contributed by atoms with E-state index in [2.05, 4.69) is 99.1 Å². The first-order chi connectivity index (χ1) is 59.7. The summed E-state index contributed by atoms with van der Waals surface area (Å²) >= 11 is 0. The average molecular weight is 1760 g/mol. The Hall–Kier alpha value is -9.24. The quantitative estimate of drug-likeness (QED) is 0.0197. The SMILES string of the molecule is C=C(C)C(=O)OC(COCC=C(C)C)COCC=C(C)C.C=CC(=O)OC(COCC=C(C)C)COCC=C(C)C.C=CCOCC(C)(COCC=C(C)C)Oc1ccc(C=C)cc1.C=CCOCC(COCC=C(C)C)OC(=O)C(=C)C.C=CCOCC(COCC=C(C)C)OC(=O)C=C.C=Cc1ccc(OC(C)(COCC=C(C)C)COCC=C(C)C)cc1. The second-order valence-corrected chi connectivity index (χ2v) is 31.6. The fourth-order valence-electron chi connectivity index (χ4n) is 8.48. The van der Waals surface area contributed by atoms with Crippen molar-refractivity contribution in [3.05, 3.63) is 265 Å². The lowest BCUT2D eigenvalue weighted by Gasteiger charge is -2.30. The van der Waals surface area contributed by atoms with Crippen molar-refractivity contribution in [3.8, 4) is 11.5 Å². The van der Waals surface area contributed by atoms with Gasteiger partial charge in [-0.05, 0) is 188 Å². The van der Waals surface area contributed by atoms with Crippen molar-refractivity contribution in [1.29, 1.82) is 0 Å². The highest BCUT2D eigenvalue weighted by Gasteiger charge is 2.29. The number of benzene rings is 2. The minimum Gasteiger partial charge on any atom is -0.483 e. The maximum atomic E-state index is 11.6. The number of carbonyl (C=O) groups excluding carboxylic acids is 4. The van der Waals surface area contributed by atoms with Crippen LogP contribution in [0.3, 0.4) is 0 Å². The van der Waals surface area contributed by atoms with Gasteiger partial charge >= 0.3 is 23.9 Å². The van der Waals surface area contributed by atoms with Crippen molar-refractivity contribution >= 4 is 36.0 Å². The molecule has 0 aliphatic carbocycles. The molecule has 0 N–H and O–H groups in total. The zero-order valence-corrected chi connectivity index (χ0v) is 81.0. The molecule has 2 rings (SSSR count). The fraction of sp³-hybridized carbons (Fsp3) is 0.500. The van der Waals surface area contributed by atoms with Crippen molar-refractivity contribution in [2.45, 2.75) is 188 Å². The normalized spacial score (nSPS) is 11.2. The number of esters is 4. The van der Waals surface area contributed by atoms with E-state index in [-0.39, 0.29) is 13.2 Å². The third-order valence-corrected chi connectivity index (χ3v) is 15.4. The topological polar surface area (TPSA) is 234 Å². The summed E-state index contributed by atoms with van der Waals surface area (Å²) in [6.07, 6.45) is 27.1. The number of allylic oxidation sites excluding steroid dienone is 9. The molecule has 0 bridgehead atoms. The van der Waals surface area contributed by atoms with E-state index in [0.29, 0.717) is 156 Å². The highest BCUT2D eigenvalue weighted by molar-refractivity contribution is 5.87. The first-order valence-corrected chi connectivity index (χ1v) is 42.4. The first kappa shape index (κ1) is 123. The molecular formula is C104H160O22. The second kappa shape index (κ2) is 80.3. The van der Waals surface area contributed by atoms with Crippen LogP contribution >= 0.6 is 0 Å². The summed E-state index contributed by atoms with van der Waals surface area (Å²) in [5.41, 5.74) is 12.5. The molecule has 22 heteroatoms. The largest absolute Gasteiger partial charge is 0.483 e. The van der Waals surface area contributed by atoms with Crippen LogP contribution in [-0.4, -0.2) is 218 Å². The van der Waals surface area contributed by atoms with Crippen LogP contribution in [0.15, 0.2) is 254 Å². The molecule has 0 heterocycles. The van der Waals surface area contributed by atoms with Crippen molar-refractivity contribution in [3.63, 3.8) is 0 Å². The zero-order chi connectivity index (χ0) is 95.9. The summed E-state index contributed by atoms with van der Waals surface area (Å²) < 4.78 is 99.2. The molecule has 0 aromatic heterocycles. The standard InChI is InChI=1S/C22H32O3.C20H28O3.C17H28O4.C16H26O4.C15H24O4.C14H22O4/c1-7-20-8-10-21(11-9-20)25-22(6,16-23-14-12-18(2)3)17-24-15-13-19(4)5;1-6-13-21-15-20(5,16-22-14-12-17(3)4)23-19-10-8-18(7-2)9-11-19;1-13(2)7-9-19-11-16(21-17(18)15(5)6)12-20-10-8-14(3)4;1-6-16(17)20-15(11-18-9-7-13(2)3)12-19-10-8-14(4)5;1-6-8-17-10-14(19-15(16)13(4)5)11-18-9-7-12(2)3;1-5-8-16-10-13(18-14(15)6-2)11-17-9-7-12(3)4/h7-13H,1,14-17H2,2-6H3;6-12H,1-2,13-16H2,3-5H3;7-8,16H,5,9-12H2,1-4,6H3;6-8,15H,1,9-12H2,2-5H3;6-7,14H,1,4,8-11H2,2-3,5H3;5-7,13H,1-2,8-11H2,3-4H3. The van der Waals surface area contributed by atoms with E-state index in [1.807, 2.05) is 208 Å². The Morgan fingerprint density at radius 1 is 0.278 bits per heavy atom. The van der Waals surface area contributed by atoms with Gasteiger partial charge in [-0.1, -0.05) is 199 Å². The van der Waals surface area contributed by atoms with Gasteiger partial charge in [0.15, 0.2) is 11.2 Å². The van der Waals surface area contributed by atoms with E-state index in [1.165, 1.54) is 50.2 Å². The smallest absolute Gasteiger partial charge is 0.333 e. The molecule has 0 aliphatic heterocycles. The van der Waals surface area contributed by atoms with E-state index in [4.69, 9.17) is 85.3 Å². The average Bonchev–Trinajstić information content (AvgIpc) is 0.861. The molecular weight excluding hydrogens is 1600 g/mol. The lowest BCUT2D eigenvalue weighted by atomic mass is 10.1. The molecule has 0 saturated heterocycles. The maximum absolute atomic E-state index is 11.6. The van der Waals surface area contributed by atoms with Crippen LogP contribution in [0.1, 0.15) is 163 Å². The Labute approximate surface area is 759 Å². The number of ether oxygens (including phenoxy) is 18. The van der Waals surface area contributed by atoms with Crippen LogP contribution in [0.5, 0.6) is 11.5 Å². The van der Waals surface area contributed by atoms with Gasteiger partial charge in [0.05, 0.1) is 159 Å². The molecule has 0 aliphatic rings. The second-order valence-electron chi connectivity index (χ2n) is 31.6. The van der Waals surface area contributed by atoms with Crippen LogP contribution in [0.25, 0.3) is 12.2 Å². The van der Waals surface area contributed by atoms with Crippen molar-refractivity contribution in [2.24, 2.45) is 0 Å². The van der Waals surface area contributed by atoms with Gasteiger partial charge in [0.25, 0.3) is 0 Å². The zero-order valence-electron chi connectivity index (χ0n) is 81.0. The summed E-state index contributed by atoms with van der Waals surface area (Å²) in [6.45, 7) is 85.8. The van der Waals surface area contributed by atoms with Gasteiger partial charge < -0.3 is 85.3 Å². The molecule has 0 amide bonds. The van der Waals surface area contributed by atoms with Gasteiger partial charge in [0.2, 0.25) is 0 Å². The molecule has 2 aromatic carbocycles. The summed E-state index contributed by atoms with van der Waals surface area (Å²) in [5, 5.41) is 0. The lowest BCUT2D eigenvalue weighted by Crippen LogP contribution is -2.42. The Morgan fingerprint density at radius 2 is 0.460 bits per heavy atom. The first-order valence-electron chi connectivity index (χ1n) is 42.4. The molecule has 3 atom stereocenters. The summed E-state index contributed by atoms with van der Waals surface area (Å²) in [6, 6.07) is 15.7. The van der Waals surface area contributed by atoms with Gasteiger partial charge in [0, 0.05) is 23.3 Å². The molecule has 22 nitrogen and oxygen atoms in total. The Bertz CT molecular complexity index is 3580. The summed E-state index contributed by atoms with van der Waals surface area (Å²) in [4.78, 5) is 45.4. The molecule has 0 saturated carbocycles. The molecule has 0 fully saturated rings. The molecule has 708 valence electrons. The van der Waals surface area contributed by atoms with E-state index < -0.39 is 59.5 Å². The summed E-state index contributed by atoms with van der Waals surface area (Å²) in [5.74, 6) is -0.217. The lowest BCUT2D eigenvalue weighted by molar-refractivity contribution is -0.151. The van der Waals surface area contributed by atoms with Crippen molar-refractivity contribution in [1.82, 2.24) is 0 Å². The third-order valence-electron chi connectivity index (χ3n) is 15.4. The van der Waals surface area contributed by atoms with Gasteiger partial charge in [0.1, 0.15) is 35.9 Å².